The lowest BCUT2D eigenvalue weighted by molar-refractivity contribution is 0.217. The van der Waals surface area contributed by atoms with E-state index in [2.05, 4.69) is 19.2 Å². The minimum Gasteiger partial charge on any atom is -0.494 e. The highest BCUT2D eigenvalue weighted by Gasteiger charge is 2.27. The van der Waals surface area contributed by atoms with E-state index in [-0.39, 0.29) is 0 Å². The molecule has 0 aliphatic heterocycles. The zero-order chi connectivity index (χ0) is 14.3. The van der Waals surface area contributed by atoms with Crippen molar-refractivity contribution in [1.82, 2.24) is 5.32 Å². The molecule has 20 heavy (non-hydrogen) atoms. The van der Waals surface area contributed by atoms with Crippen molar-refractivity contribution in [3.8, 4) is 5.75 Å². The topological polar surface area (TPSA) is 21.3 Å². The van der Waals surface area contributed by atoms with Crippen molar-refractivity contribution in [2.75, 3.05) is 13.2 Å². The second kappa shape index (κ2) is 7.68. The van der Waals surface area contributed by atoms with Crippen LogP contribution < -0.4 is 10.1 Å². The molecular weight excluding hydrogens is 246 g/mol. The Hall–Kier alpha value is -1.02. The van der Waals surface area contributed by atoms with E-state index < -0.39 is 0 Å². The van der Waals surface area contributed by atoms with Crippen molar-refractivity contribution >= 4 is 0 Å². The molecule has 0 bridgehead atoms. The van der Waals surface area contributed by atoms with Crippen LogP contribution in [0.25, 0.3) is 0 Å². The summed E-state index contributed by atoms with van der Waals surface area (Å²) in [7, 11) is 0. The third kappa shape index (κ3) is 5.54. The van der Waals surface area contributed by atoms with Gasteiger partial charge in [0.25, 0.3) is 0 Å². The molecule has 2 heteroatoms. The van der Waals surface area contributed by atoms with Crippen molar-refractivity contribution in [1.29, 1.82) is 0 Å². The van der Waals surface area contributed by atoms with Crippen LogP contribution in [0.3, 0.4) is 0 Å². The van der Waals surface area contributed by atoms with Crippen LogP contribution in [0.4, 0.5) is 0 Å². The number of ether oxygens (including phenoxy) is 1. The Morgan fingerprint density at radius 2 is 1.95 bits per heavy atom. The molecule has 1 fully saturated rings. The molecule has 0 saturated heterocycles. The highest BCUT2D eigenvalue weighted by molar-refractivity contribution is 5.20. The fourth-order valence-electron chi connectivity index (χ4n) is 2.79. The van der Waals surface area contributed by atoms with Gasteiger partial charge in [0.15, 0.2) is 0 Å². The van der Waals surface area contributed by atoms with Gasteiger partial charge >= 0.3 is 0 Å². The molecular formula is C18H29NO. The Kier molecular flexibility index (Phi) is 5.90. The zero-order valence-corrected chi connectivity index (χ0v) is 13.0. The summed E-state index contributed by atoms with van der Waals surface area (Å²) in [5.74, 6) is 0.987. The average Bonchev–Trinajstić information content (AvgIpc) is 3.28. The Labute approximate surface area is 123 Å². The average molecular weight is 275 g/mol. The molecule has 1 aromatic carbocycles. The molecule has 1 aliphatic rings. The molecule has 2 nitrogen and oxygen atoms in total. The molecule has 1 N–H and O–H groups in total. The van der Waals surface area contributed by atoms with Gasteiger partial charge in [0.05, 0.1) is 6.61 Å². The van der Waals surface area contributed by atoms with Crippen LogP contribution in [-0.2, 0) is 0 Å². The number of hydrogen-bond acceptors (Lipinski definition) is 2. The number of hydrogen-bond donors (Lipinski definition) is 1. The first-order valence-corrected chi connectivity index (χ1v) is 8.13. The van der Waals surface area contributed by atoms with Gasteiger partial charge in [-0.05, 0) is 49.7 Å². The minimum absolute atomic E-state index is 0.428. The molecule has 0 spiro atoms. The maximum absolute atomic E-state index is 5.80. The lowest BCUT2D eigenvalue weighted by Gasteiger charge is -2.30. The van der Waals surface area contributed by atoms with Crippen molar-refractivity contribution in [3.63, 3.8) is 0 Å². The second-order valence-electron chi connectivity index (χ2n) is 6.48. The first-order chi connectivity index (χ1) is 9.72. The summed E-state index contributed by atoms with van der Waals surface area (Å²) in [6, 6.07) is 10.9. The molecule has 0 amide bonds. The highest BCUT2D eigenvalue weighted by atomic mass is 16.5. The van der Waals surface area contributed by atoms with Gasteiger partial charge in [-0.15, -0.1) is 0 Å². The van der Waals surface area contributed by atoms with Crippen LogP contribution in [0, 0.1) is 5.41 Å². The van der Waals surface area contributed by atoms with Gasteiger partial charge in [-0.1, -0.05) is 38.5 Å². The zero-order valence-electron chi connectivity index (χ0n) is 13.0. The summed E-state index contributed by atoms with van der Waals surface area (Å²) in [6.45, 7) is 6.70. The minimum atomic E-state index is 0.428. The van der Waals surface area contributed by atoms with E-state index in [0.29, 0.717) is 5.41 Å². The summed E-state index contributed by atoms with van der Waals surface area (Å²) in [4.78, 5) is 0. The maximum Gasteiger partial charge on any atom is 0.119 e. The number of nitrogens with one attached hydrogen (secondary N) is 1. The molecule has 2 rings (SSSR count). The second-order valence-corrected chi connectivity index (χ2v) is 6.48. The molecule has 1 aromatic rings. The monoisotopic (exact) mass is 275 g/mol. The van der Waals surface area contributed by atoms with E-state index >= 15 is 0 Å². The van der Waals surface area contributed by atoms with E-state index in [4.69, 9.17) is 4.74 Å². The molecule has 1 atom stereocenters. The summed E-state index contributed by atoms with van der Waals surface area (Å²) >= 11 is 0. The number of benzene rings is 1. The molecule has 112 valence electrons. The first-order valence-electron chi connectivity index (χ1n) is 8.13. The van der Waals surface area contributed by atoms with Crippen molar-refractivity contribution in [2.45, 2.75) is 58.4 Å². The summed E-state index contributed by atoms with van der Waals surface area (Å²) in [5.41, 5.74) is 0.428. The summed E-state index contributed by atoms with van der Waals surface area (Å²) in [5, 5.41) is 3.70. The SMILES string of the molecule is CCCC(C)(CCCOc1ccccc1)CNC1CC1. The van der Waals surface area contributed by atoms with Crippen LogP contribution in [-0.4, -0.2) is 19.2 Å². The maximum atomic E-state index is 5.80. The van der Waals surface area contributed by atoms with Crippen LogP contribution in [0.5, 0.6) is 5.75 Å². The largest absolute Gasteiger partial charge is 0.494 e. The van der Waals surface area contributed by atoms with Crippen LogP contribution in [0.15, 0.2) is 30.3 Å². The predicted molar refractivity (Wildman–Crippen MR) is 85.2 cm³/mol. The normalized spacial score (nSPS) is 17.7. The molecule has 0 aromatic heterocycles. The Morgan fingerprint density at radius 3 is 2.60 bits per heavy atom. The Morgan fingerprint density at radius 1 is 1.20 bits per heavy atom. The molecule has 1 unspecified atom stereocenters. The fraction of sp³-hybridized carbons (Fsp3) is 0.667. The number of rotatable bonds is 10. The van der Waals surface area contributed by atoms with Crippen molar-refractivity contribution in [2.24, 2.45) is 5.41 Å². The van der Waals surface area contributed by atoms with E-state index in [1.165, 1.54) is 32.1 Å². The van der Waals surface area contributed by atoms with Gasteiger partial charge in [-0.2, -0.15) is 0 Å². The van der Waals surface area contributed by atoms with Crippen molar-refractivity contribution < 1.29 is 4.74 Å². The van der Waals surface area contributed by atoms with Gasteiger partial charge in [-0.3, -0.25) is 0 Å². The number of para-hydroxylation sites is 1. The smallest absolute Gasteiger partial charge is 0.119 e. The van der Waals surface area contributed by atoms with E-state index in [1.54, 1.807) is 0 Å². The third-order valence-corrected chi connectivity index (χ3v) is 4.19. The van der Waals surface area contributed by atoms with Gasteiger partial charge in [-0.25, -0.2) is 0 Å². The van der Waals surface area contributed by atoms with Crippen LogP contribution >= 0.6 is 0 Å². The fourth-order valence-corrected chi connectivity index (χ4v) is 2.79. The van der Waals surface area contributed by atoms with Gasteiger partial charge in [0.1, 0.15) is 5.75 Å². The molecule has 1 aliphatic carbocycles. The molecule has 1 saturated carbocycles. The quantitative estimate of drug-likeness (QED) is 0.639. The Bertz CT molecular complexity index is 374. The van der Waals surface area contributed by atoms with Gasteiger partial charge in [0.2, 0.25) is 0 Å². The molecule has 0 heterocycles. The highest BCUT2D eigenvalue weighted by Crippen LogP contribution is 2.30. The van der Waals surface area contributed by atoms with Crippen LogP contribution in [0.2, 0.25) is 0 Å². The van der Waals surface area contributed by atoms with Gasteiger partial charge < -0.3 is 10.1 Å². The van der Waals surface area contributed by atoms with Crippen LogP contribution in [0.1, 0.15) is 52.4 Å². The summed E-state index contributed by atoms with van der Waals surface area (Å²) < 4.78 is 5.80. The first kappa shape index (κ1) is 15.4. The van der Waals surface area contributed by atoms with E-state index in [0.717, 1.165) is 31.4 Å². The standard InChI is InChI=1S/C18H29NO/c1-3-12-18(2,15-19-16-10-11-16)13-7-14-20-17-8-5-4-6-9-17/h4-6,8-9,16,19H,3,7,10-15H2,1-2H3. The van der Waals surface area contributed by atoms with Crippen molar-refractivity contribution in [3.05, 3.63) is 30.3 Å². The molecule has 0 radical (unpaired) electrons. The summed E-state index contributed by atoms with van der Waals surface area (Å²) in [6.07, 6.45) is 7.70. The lowest BCUT2D eigenvalue weighted by Crippen LogP contribution is -2.33. The Balaban J connectivity index is 1.67. The predicted octanol–water partition coefficient (Wildman–Crippen LogP) is 4.40. The van der Waals surface area contributed by atoms with E-state index in [9.17, 15) is 0 Å². The third-order valence-electron chi connectivity index (χ3n) is 4.19. The van der Waals surface area contributed by atoms with E-state index in [1.807, 2.05) is 30.3 Å². The van der Waals surface area contributed by atoms with Gasteiger partial charge in [0, 0.05) is 12.6 Å². The lowest BCUT2D eigenvalue weighted by atomic mass is 9.81.